The van der Waals surface area contributed by atoms with Gasteiger partial charge in [-0.1, -0.05) is 6.92 Å². The monoisotopic (exact) mass is 255 g/mol. The molecule has 0 aromatic carbocycles. The van der Waals surface area contributed by atoms with Crippen molar-refractivity contribution >= 4 is 11.8 Å². The van der Waals surface area contributed by atoms with Gasteiger partial charge in [0.15, 0.2) is 0 Å². The Morgan fingerprint density at radius 2 is 2.00 bits per heavy atom. The Hall–Kier alpha value is -1.10. The molecule has 1 heterocycles. The lowest BCUT2D eigenvalue weighted by Crippen LogP contribution is -2.64. The first-order valence-corrected chi connectivity index (χ1v) is 6.65. The first-order chi connectivity index (χ1) is 8.38. The molecule has 0 bridgehead atoms. The SMILES string of the molecule is CCC1NC(=O)C(C)N(C(C)CCN(C)C)C1=O. The van der Waals surface area contributed by atoms with Crippen molar-refractivity contribution in [1.29, 1.82) is 0 Å². The lowest BCUT2D eigenvalue weighted by Gasteiger charge is -2.41. The van der Waals surface area contributed by atoms with Crippen LogP contribution < -0.4 is 5.32 Å². The van der Waals surface area contributed by atoms with Crippen molar-refractivity contribution in [2.45, 2.75) is 51.7 Å². The Bertz CT molecular complexity index is 317. The van der Waals surface area contributed by atoms with Crippen LogP contribution in [0.25, 0.3) is 0 Å². The molecule has 18 heavy (non-hydrogen) atoms. The molecule has 1 N–H and O–H groups in total. The Morgan fingerprint density at radius 3 is 2.50 bits per heavy atom. The van der Waals surface area contributed by atoms with Gasteiger partial charge in [0.1, 0.15) is 12.1 Å². The molecule has 0 aromatic rings. The molecule has 0 radical (unpaired) electrons. The highest BCUT2D eigenvalue weighted by Gasteiger charge is 2.39. The van der Waals surface area contributed by atoms with Gasteiger partial charge in [0.25, 0.3) is 0 Å². The summed E-state index contributed by atoms with van der Waals surface area (Å²) in [7, 11) is 4.02. The quantitative estimate of drug-likeness (QED) is 0.776. The molecule has 1 fully saturated rings. The predicted molar refractivity (Wildman–Crippen MR) is 71.2 cm³/mol. The number of carbonyl (C=O) groups is 2. The number of amides is 2. The van der Waals surface area contributed by atoms with Crippen LogP contribution in [0.2, 0.25) is 0 Å². The molecule has 0 aliphatic carbocycles. The lowest BCUT2D eigenvalue weighted by atomic mass is 10.0. The summed E-state index contributed by atoms with van der Waals surface area (Å²) in [6.45, 7) is 6.64. The van der Waals surface area contributed by atoms with E-state index in [1.165, 1.54) is 0 Å². The van der Waals surface area contributed by atoms with E-state index in [9.17, 15) is 9.59 Å². The summed E-state index contributed by atoms with van der Waals surface area (Å²) >= 11 is 0. The van der Waals surface area contributed by atoms with Crippen LogP contribution in [0.5, 0.6) is 0 Å². The van der Waals surface area contributed by atoms with Gasteiger partial charge >= 0.3 is 0 Å². The van der Waals surface area contributed by atoms with Crippen molar-refractivity contribution in [1.82, 2.24) is 15.1 Å². The lowest BCUT2D eigenvalue weighted by molar-refractivity contribution is -0.151. The van der Waals surface area contributed by atoms with Crippen LogP contribution >= 0.6 is 0 Å². The van der Waals surface area contributed by atoms with Gasteiger partial charge in [0, 0.05) is 6.04 Å². The maximum Gasteiger partial charge on any atom is 0.246 e. The van der Waals surface area contributed by atoms with Crippen molar-refractivity contribution in [2.75, 3.05) is 20.6 Å². The van der Waals surface area contributed by atoms with Gasteiger partial charge in [-0.25, -0.2) is 0 Å². The van der Waals surface area contributed by atoms with E-state index in [0.717, 1.165) is 13.0 Å². The Morgan fingerprint density at radius 1 is 1.39 bits per heavy atom. The molecule has 3 atom stereocenters. The smallest absolute Gasteiger partial charge is 0.246 e. The zero-order valence-corrected chi connectivity index (χ0v) is 12.1. The zero-order chi connectivity index (χ0) is 13.9. The maximum atomic E-state index is 12.3. The molecule has 5 nitrogen and oxygen atoms in total. The third kappa shape index (κ3) is 3.22. The van der Waals surface area contributed by atoms with Crippen LogP contribution in [0.15, 0.2) is 0 Å². The Labute approximate surface area is 110 Å². The summed E-state index contributed by atoms with van der Waals surface area (Å²) in [5, 5.41) is 2.77. The van der Waals surface area contributed by atoms with Gasteiger partial charge in [-0.05, 0) is 47.3 Å². The van der Waals surface area contributed by atoms with Gasteiger partial charge in [0.2, 0.25) is 11.8 Å². The molecule has 2 amide bonds. The molecule has 0 spiro atoms. The summed E-state index contributed by atoms with van der Waals surface area (Å²) in [4.78, 5) is 28.0. The van der Waals surface area contributed by atoms with E-state index in [2.05, 4.69) is 10.2 Å². The molecule has 1 aliphatic heterocycles. The highest BCUT2D eigenvalue weighted by atomic mass is 16.2. The van der Waals surface area contributed by atoms with Crippen molar-refractivity contribution in [2.24, 2.45) is 0 Å². The normalized spacial score (nSPS) is 26.4. The summed E-state index contributed by atoms with van der Waals surface area (Å²) < 4.78 is 0. The molecule has 0 aromatic heterocycles. The van der Waals surface area contributed by atoms with E-state index in [1.807, 2.05) is 27.9 Å². The average Bonchev–Trinajstić information content (AvgIpc) is 2.31. The number of hydrogen-bond acceptors (Lipinski definition) is 3. The zero-order valence-electron chi connectivity index (χ0n) is 12.1. The first kappa shape index (κ1) is 15.0. The van der Waals surface area contributed by atoms with E-state index in [-0.39, 0.29) is 29.9 Å². The van der Waals surface area contributed by atoms with E-state index < -0.39 is 0 Å². The van der Waals surface area contributed by atoms with Gasteiger partial charge in [-0.3, -0.25) is 9.59 Å². The van der Waals surface area contributed by atoms with Crippen LogP contribution in [-0.4, -0.2) is 60.4 Å². The minimum Gasteiger partial charge on any atom is -0.343 e. The van der Waals surface area contributed by atoms with Crippen LogP contribution in [0.3, 0.4) is 0 Å². The second kappa shape index (κ2) is 6.18. The highest BCUT2D eigenvalue weighted by molar-refractivity contribution is 5.96. The topological polar surface area (TPSA) is 52.7 Å². The third-order valence-corrected chi connectivity index (χ3v) is 3.54. The standard InChI is InChI=1S/C13H25N3O2/c1-6-11-13(18)16(10(3)12(17)14-11)9(2)7-8-15(4)5/h9-11H,6-8H2,1-5H3,(H,14,17). The molecule has 3 unspecified atom stereocenters. The second-order valence-corrected chi connectivity index (χ2v) is 5.33. The van der Waals surface area contributed by atoms with Crippen molar-refractivity contribution in [3.05, 3.63) is 0 Å². The van der Waals surface area contributed by atoms with Gasteiger partial charge < -0.3 is 15.1 Å². The third-order valence-electron chi connectivity index (χ3n) is 3.54. The van der Waals surface area contributed by atoms with E-state index in [4.69, 9.17) is 0 Å². The minimum absolute atomic E-state index is 0.0434. The van der Waals surface area contributed by atoms with E-state index in [0.29, 0.717) is 6.42 Å². The number of carbonyl (C=O) groups excluding carboxylic acids is 2. The molecule has 1 rings (SSSR count). The number of nitrogens with zero attached hydrogens (tertiary/aromatic N) is 2. The summed E-state index contributed by atoms with van der Waals surface area (Å²) in [5.41, 5.74) is 0. The molecular formula is C13H25N3O2. The van der Waals surface area contributed by atoms with Gasteiger partial charge in [0.05, 0.1) is 0 Å². The fourth-order valence-electron chi connectivity index (χ4n) is 2.31. The summed E-state index contributed by atoms with van der Waals surface area (Å²) in [6, 6.07) is -0.622. The van der Waals surface area contributed by atoms with Crippen LogP contribution in [-0.2, 0) is 9.59 Å². The first-order valence-electron chi connectivity index (χ1n) is 6.65. The van der Waals surface area contributed by atoms with Crippen molar-refractivity contribution < 1.29 is 9.59 Å². The minimum atomic E-state index is -0.363. The van der Waals surface area contributed by atoms with Gasteiger partial charge in [-0.2, -0.15) is 0 Å². The molecule has 1 aliphatic rings. The highest BCUT2D eigenvalue weighted by Crippen LogP contribution is 2.17. The van der Waals surface area contributed by atoms with Crippen LogP contribution in [0.4, 0.5) is 0 Å². The molecule has 1 saturated heterocycles. The fraction of sp³-hybridized carbons (Fsp3) is 0.846. The summed E-state index contributed by atoms with van der Waals surface area (Å²) in [5.74, 6) is 0.00834. The summed E-state index contributed by atoms with van der Waals surface area (Å²) in [6.07, 6.45) is 1.53. The fourth-order valence-corrected chi connectivity index (χ4v) is 2.31. The number of nitrogens with one attached hydrogen (secondary N) is 1. The van der Waals surface area contributed by atoms with Crippen molar-refractivity contribution in [3.63, 3.8) is 0 Å². The van der Waals surface area contributed by atoms with Gasteiger partial charge in [-0.15, -0.1) is 0 Å². The number of hydrogen-bond donors (Lipinski definition) is 1. The molecular weight excluding hydrogens is 230 g/mol. The predicted octanol–water partition coefficient (Wildman–Crippen LogP) is 0.452. The Balaban J connectivity index is 2.75. The average molecular weight is 255 g/mol. The van der Waals surface area contributed by atoms with Crippen molar-refractivity contribution in [3.8, 4) is 0 Å². The molecule has 0 saturated carbocycles. The maximum absolute atomic E-state index is 12.3. The molecule has 5 heteroatoms. The number of rotatable bonds is 5. The van der Waals surface area contributed by atoms with Crippen LogP contribution in [0.1, 0.15) is 33.6 Å². The largest absolute Gasteiger partial charge is 0.343 e. The van der Waals surface area contributed by atoms with E-state index in [1.54, 1.807) is 11.8 Å². The van der Waals surface area contributed by atoms with E-state index >= 15 is 0 Å². The van der Waals surface area contributed by atoms with Crippen LogP contribution in [0, 0.1) is 0 Å². The second-order valence-electron chi connectivity index (χ2n) is 5.33. The molecule has 104 valence electrons. The number of piperazine rings is 1. The Kier molecular flexibility index (Phi) is 5.14.